The molecular weight excluding hydrogens is 276 g/mol. The van der Waals surface area contributed by atoms with E-state index in [1.54, 1.807) is 0 Å². The Morgan fingerprint density at radius 1 is 1.13 bits per heavy atom. The summed E-state index contributed by atoms with van der Waals surface area (Å²) >= 11 is 0. The first kappa shape index (κ1) is 18.7. The van der Waals surface area contributed by atoms with Crippen LogP contribution < -0.4 is 0 Å². The van der Waals surface area contributed by atoms with E-state index in [4.69, 9.17) is 0 Å². The van der Waals surface area contributed by atoms with Gasteiger partial charge in [-0.1, -0.05) is 67.3 Å². The smallest absolute Gasteiger partial charge is 0.0100 e. The van der Waals surface area contributed by atoms with Crippen molar-refractivity contribution in [1.29, 1.82) is 0 Å². The average Bonchev–Trinajstić information content (AvgIpc) is 2.49. The maximum Gasteiger partial charge on any atom is -0.0100 e. The molecule has 0 nitrogen and oxygen atoms in total. The Morgan fingerprint density at radius 3 is 2.35 bits per heavy atom. The maximum atomic E-state index is 4.17. The van der Waals surface area contributed by atoms with Gasteiger partial charge in [-0.05, 0) is 67.5 Å². The SMILES string of the molecule is C=CCC(=C)c1ccc(/C(C(=C)C)=C(C)/C=C\C=C/C)c(C)c1. The molecule has 0 aliphatic heterocycles. The monoisotopic (exact) mass is 304 g/mol. The summed E-state index contributed by atoms with van der Waals surface area (Å²) in [5.41, 5.74) is 8.25. The number of benzene rings is 1. The molecule has 1 rings (SSSR count). The highest BCUT2D eigenvalue weighted by atomic mass is 14.1. The largest absolute Gasteiger partial charge is 0.103 e. The van der Waals surface area contributed by atoms with Crippen molar-refractivity contribution in [2.75, 3.05) is 0 Å². The average molecular weight is 304 g/mol. The molecule has 0 amide bonds. The summed E-state index contributed by atoms with van der Waals surface area (Å²) in [6, 6.07) is 6.52. The van der Waals surface area contributed by atoms with Crippen LogP contribution in [0.5, 0.6) is 0 Å². The minimum Gasteiger partial charge on any atom is -0.103 e. The minimum absolute atomic E-state index is 0.813. The second-order valence-corrected chi connectivity index (χ2v) is 5.85. The van der Waals surface area contributed by atoms with Gasteiger partial charge in [0.25, 0.3) is 0 Å². The number of aryl methyl sites for hydroxylation is 1. The fraction of sp³-hybridized carbons (Fsp3) is 0.217. The third kappa shape index (κ3) is 5.10. The zero-order valence-electron chi connectivity index (χ0n) is 14.9. The van der Waals surface area contributed by atoms with Crippen LogP contribution in [0.15, 0.2) is 79.5 Å². The molecule has 0 aliphatic rings. The molecule has 0 aromatic heterocycles. The minimum atomic E-state index is 0.813. The Hall–Kier alpha value is -2.34. The quantitative estimate of drug-likeness (QED) is 0.373. The molecule has 0 saturated heterocycles. The first-order chi connectivity index (χ1) is 10.9. The first-order valence-electron chi connectivity index (χ1n) is 7.98. The summed E-state index contributed by atoms with van der Waals surface area (Å²) < 4.78 is 0. The van der Waals surface area contributed by atoms with E-state index < -0.39 is 0 Å². The highest BCUT2D eigenvalue weighted by molar-refractivity contribution is 5.84. The van der Waals surface area contributed by atoms with E-state index in [2.05, 4.69) is 70.9 Å². The molecule has 0 N–H and O–H groups in total. The molecule has 0 spiro atoms. The molecule has 0 unspecified atom stereocenters. The second kappa shape index (κ2) is 8.95. The molecule has 0 atom stereocenters. The Bertz CT molecular complexity index is 691. The van der Waals surface area contributed by atoms with Gasteiger partial charge in [0.15, 0.2) is 0 Å². The van der Waals surface area contributed by atoms with Crippen LogP contribution >= 0.6 is 0 Å². The van der Waals surface area contributed by atoms with Gasteiger partial charge < -0.3 is 0 Å². The van der Waals surface area contributed by atoms with Gasteiger partial charge in [0.1, 0.15) is 0 Å². The van der Waals surface area contributed by atoms with Crippen molar-refractivity contribution in [2.45, 2.75) is 34.1 Å². The van der Waals surface area contributed by atoms with Crippen molar-refractivity contribution in [2.24, 2.45) is 0 Å². The Morgan fingerprint density at radius 2 is 1.83 bits per heavy atom. The molecule has 0 fully saturated rings. The van der Waals surface area contributed by atoms with Crippen molar-refractivity contribution in [3.05, 3.63) is 96.2 Å². The van der Waals surface area contributed by atoms with E-state index in [-0.39, 0.29) is 0 Å². The highest BCUT2D eigenvalue weighted by Crippen LogP contribution is 2.30. The van der Waals surface area contributed by atoms with Crippen molar-refractivity contribution in [3.8, 4) is 0 Å². The van der Waals surface area contributed by atoms with E-state index in [1.807, 2.05) is 25.2 Å². The predicted molar refractivity (Wildman–Crippen MR) is 106 cm³/mol. The van der Waals surface area contributed by atoms with Gasteiger partial charge in [0.05, 0.1) is 0 Å². The van der Waals surface area contributed by atoms with Crippen LogP contribution in [-0.4, -0.2) is 0 Å². The number of hydrogen-bond donors (Lipinski definition) is 0. The molecule has 0 bridgehead atoms. The van der Waals surface area contributed by atoms with Crippen molar-refractivity contribution >= 4 is 11.1 Å². The van der Waals surface area contributed by atoms with E-state index in [9.17, 15) is 0 Å². The van der Waals surface area contributed by atoms with Crippen LogP contribution in [-0.2, 0) is 0 Å². The van der Waals surface area contributed by atoms with Gasteiger partial charge >= 0.3 is 0 Å². The number of hydrogen-bond acceptors (Lipinski definition) is 0. The van der Waals surface area contributed by atoms with Gasteiger partial charge in [-0.3, -0.25) is 0 Å². The molecule has 0 heterocycles. The highest BCUT2D eigenvalue weighted by Gasteiger charge is 2.10. The molecule has 0 aliphatic carbocycles. The summed E-state index contributed by atoms with van der Waals surface area (Å²) in [5, 5.41) is 0. The molecule has 0 heteroatoms. The van der Waals surface area contributed by atoms with Gasteiger partial charge in [0, 0.05) is 0 Å². The van der Waals surface area contributed by atoms with Crippen LogP contribution in [0.25, 0.3) is 11.1 Å². The van der Waals surface area contributed by atoms with E-state index in [1.165, 1.54) is 27.8 Å². The zero-order valence-corrected chi connectivity index (χ0v) is 14.9. The molecule has 0 radical (unpaired) electrons. The number of rotatable bonds is 7. The Kier molecular flexibility index (Phi) is 7.28. The van der Waals surface area contributed by atoms with Gasteiger partial charge in [-0.25, -0.2) is 0 Å². The van der Waals surface area contributed by atoms with Crippen molar-refractivity contribution in [3.63, 3.8) is 0 Å². The van der Waals surface area contributed by atoms with Crippen LogP contribution in [0.4, 0.5) is 0 Å². The molecule has 120 valence electrons. The fourth-order valence-electron chi connectivity index (χ4n) is 2.63. The molecule has 1 aromatic rings. The first-order valence-corrected chi connectivity index (χ1v) is 7.98. The third-order valence-electron chi connectivity index (χ3n) is 3.77. The van der Waals surface area contributed by atoms with Gasteiger partial charge in [0.2, 0.25) is 0 Å². The standard InChI is InChI=1S/C23H28/c1-8-10-11-13-19(6)23(17(3)4)22-15-14-21(16-20(22)7)18(5)12-9-2/h8-11,13-16H,2-3,5,12H2,1,4,6-7H3/b10-8-,13-11-,23-19+. The normalized spacial score (nSPS) is 12.5. The number of allylic oxidation sites excluding steroid dienone is 9. The van der Waals surface area contributed by atoms with Crippen molar-refractivity contribution in [1.82, 2.24) is 0 Å². The molecular formula is C23H28. The van der Waals surface area contributed by atoms with Crippen LogP contribution in [0.2, 0.25) is 0 Å². The van der Waals surface area contributed by atoms with Gasteiger partial charge in [-0.15, -0.1) is 6.58 Å². The summed E-state index contributed by atoms with van der Waals surface area (Å²) in [7, 11) is 0. The lowest BCUT2D eigenvalue weighted by Crippen LogP contribution is -1.95. The van der Waals surface area contributed by atoms with Crippen LogP contribution in [0.3, 0.4) is 0 Å². The second-order valence-electron chi connectivity index (χ2n) is 5.85. The van der Waals surface area contributed by atoms with Crippen LogP contribution in [0, 0.1) is 6.92 Å². The van der Waals surface area contributed by atoms with E-state index in [0.29, 0.717) is 0 Å². The molecule has 0 saturated carbocycles. The zero-order chi connectivity index (χ0) is 17.4. The van der Waals surface area contributed by atoms with Crippen LogP contribution in [0.1, 0.15) is 43.9 Å². The lowest BCUT2D eigenvalue weighted by Gasteiger charge is -2.15. The fourth-order valence-corrected chi connectivity index (χ4v) is 2.63. The summed E-state index contributed by atoms with van der Waals surface area (Å²) in [5.74, 6) is 0. The molecule has 23 heavy (non-hydrogen) atoms. The third-order valence-corrected chi connectivity index (χ3v) is 3.77. The summed E-state index contributed by atoms with van der Waals surface area (Å²) in [6.07, 6.45) is 11.0. The predicted octanol–water partition coefficient (Wildman–Crippen LogP) is 7.07. The Labute approximate surface area is 141 Å². The molecule has 1 aromatic carbocycles. The topological polar surface area (TPSA) is 0 Å². The summed E-state index contributed by atoms with van der Waals surface area (Å²) in [4.78, 5) is 0. The van der Waals surface area contributed by atoms with Crippen molar-refractivity contribution < 1.29 is 0 Å². The lowest BCUT2D eigenvalue weighted by atomic mass is 9.89. The van der Waals surface area contributed by atoms with E-state index in [0.717, 1.165) is 17.6 Å². The lowest BCUT2D eigenvalue weighted by molar-refractivity contribution is 1.34. The maximum absolute atomic E-state index is 4.17. The Balaban J connectivity index is 3.34. The summed E-state index contributed by atoms with van der Waals surface area (Å²) in [6.45, 7) is 20.4. The van der Waals surface area contributed by atoms with E-state index >= 15 is 0 Å². The van der Waals surface area contributed by atoms with Gasteiger partial charge in [-0.2, -0.15) is 0 Å².